The lowest BCUT2D eigenvalue weighted by atomic mass is 9.98. The molecule has 1 saturated heterocycles. The third-order valence-corrected chi connectivity index (χ3v) is 6.03. The van der Waals surface area contributed by atoms with Gasteiger partial charge in [-0.3, -0.25) is 4.68 Å². The summed E-state index contributed by atoms with van der Waals surface area (Å²) in [5.41, 5.74) is 0. The summed E-state index contributed by atoms with van der Waals surface area (Å²) in [4.78, 5) is 0.260. The molecule has 1 aliphatic rings. The molecule has 21 heavy (non-hydrogen) atoms. The van der Waals surface area contributed by atoms with Gasteiger partial charge in [-0.25, -0.2) is 8.42 Å². The van der Waals surface area contributed by atoms with Crippen molar-refractivity contribution < 1.29 is 13.5 Å². The van der Waals surface area contributed by atoms with Gasteiger partial charge in [0.2, 0.25) is 10.0 Å². The van der Waals surface area contributed by atoms with E-state index >= 15 is 0 Å². The van der Waals surface area contributed by atoms with E-state index in [1.807, 2.05) is 0 Å². The minimum absolute atomic E-state index is 0.0759. The molecule has 1 fully saturated rings. The molecule has 0 spiro atoms. The molecule has 2 heterocycles. The number of hydrogen-bond acceptors (Lipinski definition) is 4. The summed E-state index contributed by atoms with van der Waals surface area (Å²) in [6, 6.07) is 0. The smallest absolute Gasteiger partial charge is 0.246 e. The van der Waals surface area contributed by atoms with Gasteiger partial charge in [0.25, 0.3) is 0 Å². The monoisotopic (exact) mass is 315 g/mol. The third kappa shape index (κ3) is 4.05. The molecule has 1 atom stereocenters. The minimum Gasteiger partial charge on any atom is -0.396 e. The van der Waals surface area contributed by atoms with Crippen LogP contribution in [0.4, 0.5) is 0 Å². The van der Waals surface area contributed by atoms with Crippen LogP contribution in [0.15, 0.2) is 17.3 Å². The third-order valence-electron chi connectivity index (χ3n) is 4.18. The molecule has 7 heteroatoms. The van der Waals surface area contributed by atoms with Crippen LogP contribution in [-0.4, -0.2) is 47.3 Å². The van der Waals surface area contributed by atoms with Gasteiger partial charge in [0, 0.05) is 32.4 Å². The Hall–Kier alpha value is -0.920. The molecule has 1 N–H and O–H groups in total. The fraction of sp³-hybridized carbons (Fsp3) is 0.786. The molecule has 1 unspecified atom stereocenters. The molecule has 0 saturated carbocycles. The van der Waals surface area contributed by atoms with Crippen LogP contribution in [0.5, 0.6) is 0 Å². The molecular formula is C14H25N3O3S. The average Bonchev–Trinajstić information content (AvgIpc) is 2.82. The first-order chi connectivity index (χ1) is 10.1. The summed E-state index contributed by atoms with van der Waals surface area (Å²) in [7, 11) is -3.43. The van der Waals surface area contributed by atoms with Gasteiger partial charge in [0.15, 0.2) is 0 Å². The predicted octanol–water partition coefficient (Wildman–Crippen LogP) is 1.47. The second-order valence-electron chi connectivity index (χ2n) is 5.63. The predicted molar refractivity (Wildman–Crippen MR) is 80.3 cm³/mol. The maximum Gasteiger partial charge on any atom is 0.246 e. The van der Waals surface area contributed by atoms with Gasteiger partial charge in [-0.1, -0.05) is 13.3 Å². The largest absolute Gasteiger partial charge is 0.396 e. The molecule has 0 aromatic carbocycles. The first-order valence-corrected chi connectivity index (χ1v) is 9.15. The maximum absolute atomic E-state index is 12.6. The highest BCUT2D eigenvalue weighted by Crippen LogP contribution is 2.24. The fourth-order valence-corrected chi connectivity index (χ4v) is 4.22. The minimum atomic E-state index is -3.43. The van der Waals surface area contributed by atoms with Gasteiger partial charge < -0.3 is 5.11 Å². The van der Waals surface area contributed by atoms with Gasteiger partial charge in [-0.15, -0.1) is 0 Å². The summed E-state index contributed by atoms with van der Waals surface area (Å²) in [6.45, 7) is 3.97. The van der Waals surface area contributed by atoms with Crippen LogP contribution in [0.25, 0.3) is 0 Å². The van der Waals surface area contributed by atoms with Crippen LogP contribution in [0.3, 0.4) is 0 Å². The zero-order valence-electron chi connectivity index (χ0n) is 12.6. The van der Waals surface area contributed by atoms with Crippen molar-refractivity contribution in [2.24, 2.45) is 5.92 Å². The van der Waals surface area contributed by atoms with Crippen LogP contribution in [-0.2, 0) is 16.6 Å². The zero-order chi connectivity index (χ0) is 15.3. The molecule has 0 aliphatic carbocycles. The Morgan fingerprint density at radius 2 is 2.19 bits per heavy atom. The summed E-state index contributed by atoms with van der Waals surface area (Å²) >= 11 is 0. The quantitative estimate of drug-likeness (QED) is 0.862. The topological polar surface area (TPSA) is 75.4 Å². The van der Waals surface area contributed by atoms with E-state index in [2.05, 4.69) is 12.0 Å². The standard InChI is InChI=1S/C14H25N3O3S/c1-2-13-5-3-8-17(9-6-13)21(19,20)14-11-15-16(12-14)7-4-10-18/h11-13,18H,2-10H2,1H3. The summed E-state index contributed by atoms with van der Waals surface area (Å²) in [6.07, 6.45) is 7.64. The van der Waals surface area contributed by atoms with E-state index in [0.29, 0.717) is 32.0 Å². The SMILES string of the molecule is CCC1CCCN(S(=O)(=O)c2cnn(CCCO)c2)CC1. The second-order valence-corrected chi connectivity index (χ2v) is 7.56. The van der Waals surface area contributed by atoms with E-state index in [9.17, 15) is 8.42 Å². The number of hydrogen-bond donors (Lipinski definition) is 1. The lowest BCUT2D eigenvalue weighted by Crippen LogP contribution is -2.31. The van der Waals surface area contributed by atoms with E-state index in [1.54, 1.807) is 15.2 Å². The summed E-state index contributed by atoms with van der Waals surface area (Å²) in [5.74, 6) is 0.637. The van der Waals surface area contributed by atoms with Crippen molar-refractivity contribution in [1.82, 2.24) is 14.1 Å². The molecule has 1 aromatic rings. The molecule has 6 nitrogen and oxygen atoms in total. The van der Waals surface area contributed by atoms with Gasteiger partial charge in [-0.05, 0) is 31.6 Å². The Labute approximate surface area is 126 Å². The molecule has 0 radical (unpaired) electrons. The Morgan fingerprint density at radius 1 is 1.38 bits per heavy atom. The average molecular weight is 315 g/mol. The molecule has 1 aromatic heterocycles. The van der Waals surface area contributed by atoms with E-state index in [1.165, 1.54) is 6.20 Å². The highest BCUT2D eigenvalue weighted by Gasteiger charge is 2.28. The summed E-state index contributed by atoms with van der Waals surface area (Å²) in [5, 5.41) is 12.9. The van der Waals surface area contributed by atoms with Crippen molar-refractivity contribution in [3.05, 3.63) is 12.4 Å². The van der Waals surface area contributed by atoms with E-state index in [-0.39, 0.29) is 11.5 Å². The number of aromatic nitrogens is 2. The number of aliphatic hydroxyl groups excluding tert-OH is 1. The van der Waals surface area contributed by atoms with Gasteiger partial charge in [0.1, 0.15) is 4.90 Å². The van der Waals surface area contributed by atoms with Crippen molar-refractivity contribution >= 4 is 10.0 Å². The first kappa shape index (κ1) is 16.5. The Balaban J connectivity index is 2.08. The Morgan fingerprint density at radius 3 is 2.90 bits per heavy atom. The van der Waals surface area contributed by atoms with Crippen LogP contribution in [0.2, 0.25) is 0 Å². The maximum atomic E-state index is 12.6. The molecule has 0 bridgehead atoms. The van der Waals surface area contributed by atoms with E-state index < -0.39 is 10.0 Å². The highest BCUT2D eigenvalue weighted by atomic mass is 32.2. The molecule has 120 valence electrons. The lowest BCUT2D eigenvalue weighted by molar-refractivity contribution is 0.277. The van der Waals surface area contributed by atoms with Crippen molar-refractivity contribution in [2.75, 3.05) is 19.7 Å². The van der Waals surface area contributed by atoms with Crippen molar-refractivity contribution in [2.45, 2.75) is 50.5 Å². The van der Waals surface area contributed by atoms with Gasteiger partial charge >= 0.3 is 0 Å². The zero-order valence-corrected chi connectivity index (χ0v) is 13.4. The molecular weight excluding hydrogens is 290 g/mol. The van der Waals surface area contributed by atoms with Crippen molar-refractivity contribution in [3.8, 4) is 0 Å². The van der Waals surface area contributed by atoms with Crippen LogP contribution < -0.4 is 0 Å². The molecule has 2 rings (SSSR count). The van der Waals surface area contributed by atoms with Gasteiger partial charge in [-0.2, -0.15) is 9.40 Å². The first-order valence-electron chi connectivity index (χ1n) is 7.71. The second kappa shape index (κ2) is 7.38. The lowest BCUT2D eigenvalue weighted by Gasteiger charge is -2.19. The number of sulfonamides is 1. The number of aryl methyl sites for hydroxylation is 1. The molecule has 0 amide bonds. The normalized spacial score (nSPS) is 21.3. The van der Waals surface area contributed by atoms with Crippen LogP contribution in [0.1, 0.15) is 39.0 Å². The number of aliphatic hydroxyl groups is 1. The van der Waals surface area contributed by atoms with Crippen LogP contribution in [0, 0.1) is 5.92 Å². The molecule has 1 aliphatic heterocycles. The Kier molecular flexibility index (Phi) is 5.78. The van der Waals surface area contributed by atoms with Crippen molar-refractivity contribution in [1.29, 1.82) is 0 Å². The highest BCUT2D eigenvalue weighted by molar-refractivity contribution is 7.89. The number of rotatable bonds is 6. The Bertz CT molecular complexity index is 541. The van der Waals surface area contributed by atoms with Crippen molar-refractivity contribution in [3.63, 3.8) is 0 Å². The van der Waals surface area contributed by atoms with E-state index in [0.717, 1.165) is 25.7 Å². The number of nitrogens with zero attached hydrogens (tertiary/aromatic N) is 3. The summed E-state index contributed by atoms with van der Waals surface area (Å²) < 4.78 is 28.5. The van der Waals surface area contributed by atoms with Gasteiger partial charge in [0.05, 0.1) is 6.20 Å². The fourth-order valence-electron chi connectivity index (χ4n) is 2.77. The van der Waals surface area contributed by atoms with E-state index in [4.69, 9.17) is 5.11 Å². The van der Waals surface area contributed by atoms with Crippen LogP contribution >= 0.6 is 0 Å².